The second-order valence-electron chi connectivity index (χ2n) is 9.26. The minimum absolute atomic E-state index is 0.0758. The molecule has 0 aromatic rings. The number of aliphatic hydroxyl groups is 5. The number of aliphatic hydroxyl groups excluding tert-OH is 4. The Morgan fingerprint density at radius 1 is 1.12 bits per heavy atom. The van der Waals surface area contributed by atoms with Crippen molar-refractivity contribution >= 4 is 0 Å². The highest BCUT2D eigenvalue weighted by Gasteiger charge is 2.71. The molecule has 5 heteroatoms. The van der Waals surface area contributed by atoms with Crippen LogP contribution < -0.4 is 0 Å². The van der Waals surface area contributed by atoms with Gasteiger partial charge >= 0.3 is 0 Å². The van der Waals surface area contributed by atoms with E-state index in [-0.39, 0.29) is 28.7 Å². The standard InChI is InChI=1S/C20H32O5/c1-10-7-19-11(2)8-18(4,5)12(3)14(17(19)24)6-13(9-21)16(23)20(19,25)15(10)22/h6-7,11-12,14-17,21-25H,8-9H2,1-5H3/t11-,12-,14+,15+,16-,17?,19+,20-/m1/s1. The van der Waals surface area contributed by atoms with Crippen LogP contribution >= 0.6 is 0 Å². The molecule has 1 unspecified atom stereocenters. The maximum Gasteiger partial charge on any atom is 0.136 e. The Morgan fingerprint density at radius 3 is 2.28 bits per heavy atom. The second kappa shape index (κ2) is 5.64. The van der Waals surface area contributed by atoms with Crippen molar-refractivity contribution in [3.63, 3.8) is 0 Å². The fourth-order valence-electron chi connectivity index (χ4n) is 5.94. The lowest BCUT2D eigenvalue weighted by atomic mass is 9.58. The molecule has 1 fully saturated rings. The minimum Gasteiger partial charge on any atom is -0.392 e. The molecular weight excluding hydrogens is 320 g/mol. The van der Waals surface area contributed by atoms with Crippen molar-refractivity contribution < 1.29 is 25.5 Å². The largest absolute Gasteiger partial charge is 0.392 e. The highest BCUT2D eigenvalue weighted by Crippen LogP contribution is 2.63. The third-order valence-corrected chi connectivity index (χ3v) is 7.68. The summed E-state index contributed by atoms with van der Waals surface area (Å²) < 4.78 is 0. The van der Waals surface area contributed by atoms with Gasteiger partial charge in [-0.15, -0.1) is 0 Å². The van der Waals surface area contributed by atoms with Crippen LogP contribution in [0.1, 0.15) is 41.0 Å². The molecule has 0 aromatic carbocycles. The van der Waals surface area contributed by atoms with Crippen molar-refractivity contribution in [2.75, 3.05) is 6.61 Å². The zero-order valence-corrected chi connectivity index (χ0v) is 15.8. The minimum atomic E-state index is -1.96. The lowest BCUT2D eigenvalue weighted by Crippen LogP contribution is -2.66. The molecule has 8 atom stereocenters. The molecule has 25 heavy (non-hydrogen) atoms. The first-order valence-corrected chi connectivity index (χ1v) is 9.22. The van der Waals surface area contributed by atoms with E-state index in [0.717, 1.165) is 6.42 Å². The molecule has 0 saturated heterocycles. The first kappa shape index (κ1) is 19.1. The van der Waals surface area contributed by atoms with Gasteiger partial charge in [0.25, 0.3) is 0 Å². The van der Waals surface area contributed by atoms with E-state index in [9.17, 15) is 25.5 Å². The van der Waals surface area contributed by atoms with Gasteiger partial charge in [0.2, 0.25) is 0 Å². The Balaban J connectivity index is 2.34. The summed E-state index contributed by atoms with van der Waals surface area (Å²) in [6.45, 7) is 9.65. The van der Waals surface area contributed by atoms with Gasteiger partial charge in [0.15, 0.2) is 0 Å². The number of rotatable bonds is 1. The van der Waals surface area contributed by atoms with Gasteiger partial charge in [-0.3, -0.25) is 0 Å². The third-order valence-electron chi connectivity index (χ3n) is 7.68. The molecule has 5 nitrogen and oxygen atoms in total. The molecule has 0 aromatic heterocycles. The maximum atomic E-state index is 11.7. The fraction of sp³-hybridized carbons (Fsp3) is 0.800. The van der Waals surface area contributed by atoms with Crippen LogP contribution in [0.15, 0.2) is 23.3 Å². The number of hydrogen-bond acceptors (Lipinski definition) is 5. The van der Waals surface area contributed by atoms with Gasteiger partial charge < -0.3 is 25.5 Å². The molecule has 2 bridgehead atoms. The molecule has 0 aliphatic heterocycles. The van der Waals surface area contributed by atoms with Crippen molar-refractivity contribution in [1.82, 2.24) is 0 Å². The Kier molecular flexibility index (Phi) is 4.30. The summed E-state index contributed by atoms with van der Waals surface area (Å²) >= 11 is 0. The SMILES string of the molecule is CC1=C[C@]23C(O)[C@@H](C=C(CO)[C@@H](O)[C@]2(O)[C@H]1O)[C@@H](C)C(C)(C)C[C@H]3C. The Bertz CT molecular complexity index is 624. The predicted octanol–water partition coefficient (Wildman–Crippen LogP) is 0.997. The number of hydrogen-bond donors (Lipinski definition) is 5. The fourth-order valence-corrected chi connectivity index (χ4v) is 5.94. The Morgan fingerprint density at radius 2 is 1.72 bits per heavy atom. The van der Waals surface area contributed by atoms with E-state index in [2.05, 4.69) is 20.8 Å². The Hall–Kier alpha value is -0.720. The van der Waals surface area contributed by atoms with Crippen LogP contribution in [0, 0.1) is 28.6 Å². The van der Waals surface area contributed by atoms with Gasteiger partial charge in [-0.1, -0.05) is 39.8 Å². The number of fused-ring (bicyclic) bond motifs is 1. The first-order valence-electron chi connectivity index (χ1n) is 9.22. The van der Waals surface area contributed by atoms with Crippen molar-refractivity contribution in [2.45, 2.75) is 65.0 Å². The van der Waals surface area contributed by atoms with Gasteiger partial charge in [0.05, 0.1) is 18.1 Å². The first-order chi connectivity index (χ1) is 11.4. The molecule has 1 spiro atoms. The summed E-state index contributed by atoms with van der Waals surface area (Å²) in [7, 11) is 0. The second-order valence-corrected chi connectivity index (χ2v) is 9.26. The molecule has 3 aliphatic carbocycles. The summed E-state index contributed by atoms with van der Waals surface area (Å²) in [5.74, 6) is -0.421. The molecule has 5 N–H and O–H groups in total. The van der Waals surface area contributed by atoms with Crippen molar-refractivity contribution in [3.05, 3.63) is 23.3 Å². The van der Waals surface area contributed by atoms with E-state index < -0.39 is 35.9 Å². The monoisotopic (exact) mass is 352 g/mol. The smallest absolute Gasteiger partial charge is 0.136 e. The summed E-state index contributed by atoms with van der Waals surface area (Å²) in [5, 5.41) is 54.7. The average molecular weight is 352 g/mol. The Labute approximate surface area is 149 Å². The van der Waals surface area contributed by atoms with Crippen LogP contribution in [0.2, 0.25) is 0 Å². The van der Waals surface area contributed by atoms with E-state index >= 15 is 0 Å². The van der Waals surface area contributed by atoms with Gasteiger partial charge in [-0.05, 0) is 41.7 Å². The maximum absolute atomic E-state index is 11.7. The predicted molar refractivity (Wildman–Crippen MR) is 94.5 cm³/mol. The summed E-state index contributed by atoms with van der Waals surface area (Å²) in [5.41, 5.74) is -2.41. The third kappa shape index (κ3) is 2.13. The molecule has 0 radical (unpaired) electrons. The highest BCUT2D eigenvalue weighted by molar-refractivity contribution is 5.41. The zero-order valence-electron chi connectivity index (χ0n) is 15.8. The average Bonchev–Trinajstić information content (AvgIpc) is 2.69. The van der Waals surface area contributed by atoms with Crippen molar-refractivity contribution in [1.29, 1.82) is 0 Å². The quantitative estimate of drug-likeness (QED) is 0.453. The van der Waals surface area contributed by atoms with Gasteiger partial charge in [0, 0.05) is 5.92 Å². The highest BCUT2D eigenvalue weighted by atomic mass is 16.4. The van der Waals surface area contributed by atoms with Gasteiger partial charge in [-0.2, -0.15) is 0 Å². The van der Waals surface area contributed by atoms with Crippen LogP contribution in [0.25, 0.3) is 0 Å². The van der Waals surface area contributed by atoms with Crippen molar-refractivity contribution in [2.24, 2.45) is 28.6 Å². The zero-order chi connectivity index (χ0) is 18.9. The van der Waals surface area contributed by atoms with E-state index in [1.54, 1.807) is 19.1 Å². The van der Waals surface area contributed by atoms with Gasteiger partial charge in [-0.25, -0.2) is 0 Å². The van der Waals surface area contributed by atoms with Crippen LogP contribution in [0.4, 0.5) is 0 Å². The normalized spacial score (nSPS) is 51.9. The topological polar surface area (TPSA) is 101 Å². The molecule has 0 amide bonds. The van der Waals surface area contributed by atoms with Crippen LogP contribution in [0.5, 0.6) is 0 Å². The molecule has 0 heterocycles. The van der Waals surface area contributed by atoms with E-state index in [1.165, 1.54) is 0 Å². The molecule has 3 rings (SSSR count). The lowest BCUT2D eigenvalue weighted by Gasteiger charge is -2.51. The van der Waals surface area contributed by atoms with E-state index in [0.29, 0.717) is 5.57 Å². The van der Waals surface area contributed by atoms with E-state index in [1.807, 2.05) is 6.92 Å². The molecular formula is C20H32O5. The van der Waals surface area contributed by atoms with Crippen LogP contribution in [-0.2, 0) is 0 Å². The van der Waals surface area contributed by atoms with Gasteiger partial charge in [0.1, 0.15) is 17.8 Å². The van der Waals surface area contributed by atoms with E-state index in [4.69, 9.17) is 0 Å². The lowest BCUT2D eigenvalue weighted by molar-refractivity contribution is -0.214. The van der Waals surface area contributed by atoms with Crippen molar-refractivity contribution in [3.8, 4) is 0 Å². The summed E-state index contributed by atoms with van der Waals surface area (Å²) in [6.07, 6.45) is 0.575. The molecule has 142 valence electrons. The molecule has 1 saturated carbocycles. The van der Waals surface area contributed by atoms with Crippen LogP contribution in [0.3, 0.4) is 0 Å². The summed E-state index contributed by atoms with van der Waals surface area (Å²) in [6, 6.07) is 0. The molecule has 3 aliphatic rings. The van der Waals surface area contributed by atoms with Crippen LogP contribution in [-0.4, -0.2) is 56.1 Å². The summed E-state index contributed by atoms with van der Waals surface area (Å²) in [4.78, 5) is 0.